The second kappa shape index (κ2) is 6.61. The molecule has 21 heavy (non-hydrogen) atoms. The number of amides is 2. The zero-order valence-electron chi connectivity index (χ0n) is 12.7. The third-order valence-corrected chi connectivity index (χ3v) is 3.74. The number of hydrogen-bond donors (Lipinski definition) is 1. The van der Waals surface area contributed by atoms with E-state index >= 15 is 0 Å². The van der Waals surface area contributed by atoms with E-state index in [-0.39, 0.29) is 17.7 Å². The molecule has 0 radical (unpaired) electrons. The van der Waals surface area contributed by atoms with Crippen molar-refractivity contribution in [3.05, 3.63) is 29.8 Å². The fourth-order valence-corrected chi connectivity index (χ4v) is 2.53. The first-order valence-electron chi connectivity index (χ1n) is 7.38. The Bertz CT molecular complexity index is 520. The number of benzene rings is 1. The third kappa shape index (κ3) is 3.97. The topological polar surface area (TPSA) is 66.6 Å². The monoisotopic (exact) mass is 289 g/mol. The number of carbonyl (C=O) groups is 2. The largest absolute Gasteiger partial charge is 0.399 e. The molecule has 2 amide bonds. The summed E-state index contributed by atoms with van der Waals surface area (Å²) in [4.78, 5) is 27.9. The van der Waals surface area contributed by atoms with E-state index in [2.05, 4.69) is 0 Å². The van der Waals surface area contributed by atoms with Gasteiger partial charge >= 0.3 is 0 Å². The Hall–Kier alpha value is -2.04. The molecule has 0 spiro atoms. The highest BCUT2D eigenvalue weighted by Crippen LogP contribution is 2.11. The summed E-state index contributed by atoms with van der Waals surface area (Å²) >= 11 is 0. The molecule has 1 heterocycles. The van der Waals surface area contributed by atoms with Gasteiger partial charge in [-0.15, -0.1) is 0 Å². The highest BCUT2D eigenvalue weighted by atomic mass is 16.2. The van der Waals surface area contributed by atoms with Crippen LogP contribution >= 0.6 is 0 Å². The van der Waals surface area contributed by atoms with E-state index in [1.165, 1.54) is 0 Å². The molecule has 0 aliphatic carbocycles. The lowest BCUT2D eigenvalue weighted by Crippen LogP contribution is -2.51. The SMILES string of the molecule is CC(C)C(=O)N1CCN(C(=O)Cc2cccc(N)c2)CC1. The van der Waals surface area contributed by atoms with Gasteiger partial charge in [0.15, 0.2) is 0 Å². The van der Waals surface area contributed by atoms with E-state index in [4.69, 9.17) is 5.73 Å². The smallest absolute Gasteiger partial charge is 0.227 e. The van der Waals surface area contributed by atoms with Gasteiger partial charge in [0.1, 0.15) is 0 Å². The van der Waals surface area contributed by atoms with E-state index in [9.17, 15) is 9.59 Å². The highest BCUT2D eigenvalue weighted by molar-refractivity contribution is 5.80. The van der Waals surface area contributed by atoms with Gasteiger partial charge < -0.3 is 15.5 Å². The summed E-state index contributed by atoms with van der Waals surface area (Å²) < 4.78 is 0. The first kappa shape index (κ1) is 15.4. The predicted octanol–water partition coefficient (Wildman–Crippen LogP) is 1.14. The first-order valence-corrected chi connectivity index (χ1v) is 7.38. The Morgan fingerprint density at radius 2 is 1.76 bits per heavy atom. The summed E-state index contributed by atoms with van der Waals surface area (Å²) in [6.07, 6.45) is 0.364. The standard InChI is InChI=1S/C16H23N3O2/c1-12(2)16(21)19-8-6-18(7-9-19)15(20)11-13-4-3-5-14(17)10-13/h3-5,10,12H,6-9,11,17H2,1-2H3. The maximum atomic E-state index is 12.3. The van der Waals surface area contributed by atoms with Gasteiger partial charge in [0.2, 0.25) is 11.8 Å². The van der Waals surface area contributed by atoms with E-state index in [1.54, 1.807) is 0 Å². The maximum absolute atomic E-state index is 12.3. The van der Waals surface area contributed by atoms with Gasteiger partial charge in [-0.05, 0) is 17.7 Å². The molecule has 5 heteroatoms. The molecule has 2 N–H and O–H groups in total. The number of hydrogen-bond acceptors (Lipinski definition) is 3. The molecular weight excluding hydrogens is 266 g/mol. The number of nitrogens with zero attached hydrogens (tertiary/aromatic N) is 2. The van der Waals surface area contributed by atoms with Gasteiger partial charge in [-0.1, -0.05) is 26.0 Å². The summed E-state index contributed by atoms with van der Waals surface area (Å²) in [7, 11) is 0. The molecule has 5 nitrogen and oxygen atoms in total. The van der Waals surface area contributed by atoms with Gasteiger partial charge in [0, 0.05) is 37.8 Å². The summed E-state index contributed by atoms with van der Waals surface area (Å²) in [6, 6.07) is 7.41. The lowest BCUT2D eigenvalue weighted by Gasteiger charge is -2.35. The van der Waals surface area contributed by atoms with Crippen LogP contribution in [-0.2, 0) is 16.0 Å². The number of nitrogens with two attached hydrogens (primary N) is 1. The maximum Gasteiger partial charge on any atom is 0.227 e. The average Bonchev–Trinajstić information content (AvgIpc) is 2.46. The van der Waals surface area contributed by atoms with Crippen LogP contribution < -0.4 is 5.73 Å². The van der Waals surface area contributed by atoms with Crippen molar-refractivity contribution in [2.24, 2.45) is 5.92 Å². The summed E-state index contributed by atoms with van der Waals surface area (Å²) in [5, 5.41) is 0. The summed E-state index contributed by atoms with van der Waals surface area (Å²) in [5.74, 6) is 0.273. The molecule has 114 valence electrons. The zero-order valence-corrected chi connectivity index (χ0v) is 12.7. The van der Waals surface area contributed by atoms with Crippen LogP contribution in [-0.4, -0.2) is 47.8 Å². The van der Waals surface area contributed by atoms with Crippen molar-refractivity contribution in [3.8, 4) is 0 Å². The van der Waals surface area contributed by atoms with Crippen LogP contribution in [0.5, 0.6) is 0 Å². The average molecular weight is 289 g/mol. The second-order valence-electron chi connectivity index (χ2n) is 5.78. The number of nitrogen functional groups attached to an aromatic ring is 1. The van der Waals surface area contributed by atoms with Crippen molar-refractivity contribution in [2.75, 3.05) is 31.9 Å². The Labute approximate surface area is 125 Å². The fraction of sp³-hybridized carbons (Fsp3) is 0.500. The Morgan fingerprint density at radius 3 is 2.33 bits per heavy atom. The Morgan fingerprint density at radius 1 is 1.14 bits per heavy atom. The van der Waals surface area contributed by atoms with Crippen molar-refractivity contribution < 1.29 is 9.59 Å². The molecule has 1 aromatic rings. The van der Waals surface area contributed by atoms with E-state index in [0.717, 1.165) is 5.56 Å². The predicted molar refractivity (Wildman–Crippen MR) is 82.6 cm³/mol. The van der Waals surface area contributed by atoms with Crippen LogP contribution in [0.3, 0.4) is 0 Å². The van der Waals surface area contributed by atoms with Crippen molar-refractivity contribution in [1.29, 1.82) is 0 Å². The molecule has 0 bridgehead atoms. The van der Waals surface area contributed by atoms with Crippen LogP contribution in [0.1, 0.15) is 19.4 Å². The lowest BCUT2D eigenvalue weighted by atomic mass is 10.1. The number of piperazine rings is 1. The minimum Gasteiger partial charge on any atom is -0.399 e. The second-order valence-corrected chi connectivity index (χ2v) is 5.78. The van der Waals surface area contributed by atoms with Crippen LogP contribution in [0, 0.1) is 5.92 Å². The number of rotatable bonds is 3. The molecule has 0 saturated carbocycles. The first-order chi connectivity index (χ1) is 9.97. The fourth-order valence-electron chi connectivity index (χ4n) is 2.53. The molecule has 1 aliphatic heterocycles. The van der Waals surface area contributed by atoms with E-state index in [0.29, 0.717) is 38.3 Å². The Balaban J connectivity index is 1.87. The number of anilines is 1. The van der Waals surface area contributed by atoms with Gasteiger partial charge in [-0.2, -0.15) is 0 Å². The molecule has 0 aromatic heterocycles. The van der Waals surface area contributed by atoms with Crippen molar-refractivity contribution in [1.82, 2.24) is 9.80 Å². The number of carbonyl (C=O) groups excluding carboxylic acids is 2. The zero-order chi connectivity index (χ0) is 15.4. The van der Waals surface area contributed by atoms with E-state index in [1.807, 2.05) is 47.9 Å². The molecule has 2 rings (SSSR count). The summed E-state index contributed by atoms with van der Waals surface area (Å²) in [5.41, 5.74) is 7.33. The molecule has 1 aliphatic rings. The van der Waals surface area contributed by atoms with E-state index < -0.39 is 0 Å². The van der Waals surface area contributed by atoms with Gasteiger partial charge in [-0.25, -0.2) is 0 Å². The summed E-state index contributed by atoms with van der Waals surface area (Å²) in [6.45, 7) is 6.28. The van der Waals surface area contributed by atoms with Crippen LogP contribution in [0.4, 0.5) is 5.69 Å². The molecule has 0 atom stereocenters. The van der Waals surface area contributed by atoms with Crippen molar-refractivity contribution in [2.45, 2.75) is 20.3 Å². The quantitative estimate of drug-likeness (QED) is 0.849. The molecule has 0 unspecified atom stereocenters. The molecule has 1 aromatic carbocycles. The molecule has 1 saturated heterocycles. The lowest BCUT2D eigenvalue weighted by molar-refractivity contribution is -0.141. The van der Waals surface area contributed by atoms with Gasteiger partial charge in [0.25, 0.3) is 0 Å². The van der Waals surface area contributed by atoms with Gasteiger partial charge in [-0.3, -0.25) is 9.59 Å². The normalized spacial score (nSPS) is 15.4. The third-order valence-electron chi connectivity index (χ3n) is 3.74. The van der Waals surface area contributed by atoms with Gasteiger partial charge in [0.05, 0.1) is 6.42 Å². The molecular formula is C16H23N3O2. The molecule has 1 fully saturated rings. The van der Waals surface area contributed by atoms with Crippen molar-refractivity contribution >= 4 is 17.5 Å². The van der Waals surface area contributed by atoms with Crippen LogP contribution in [0.25, 0.3) is 0 Å². The van der Waals surface area contributed by atoms with Crippen molar-refractivity contribution in [3.63, 3.8) is 0 Å². The van der Waals surface area contributed by atoms with Crippen LogP contribution in [0.2, 0.25) is 0 Å². The Kier molecular flexibility index (Phi) is 4.83. The minimum atomic E-state index is 0.0135. The highest BCUT2D eigenvalue weighted by Gasteiger charge is 2.25. The van der Waals surface area contributed by atoms with Crippen LogP contribution in [0.15, 0.2) is 24.3 Å². The minimum absolute atomic E-state index is 0.0135.